The Morgan fingerprint density at radius 2 is 1.73 bits per heavy atom. The second-order valence-corrected chi connectivity index (χ2v) is 12.1. The highest BCUT2D eigenvalue weighted by molar-refractivity contribution is 6.38. The molecule has 2 bridgehead atoms. The summed E-state index contributed by atoms with van der Waals surface area (Å²) in [5.74, 6) is -0.443. The fraction of sp³-hybridized carbons (Fsp3) is 0.500. The van der Waals surface area contributed by atoms with E-state index >= 15 is 0 Å². The number of pyridine rings is 2. The maximum Gasteiger partial charge on any atom is 0.421 e. The molecule has 0 aromatic carbocycles. The van der Waals surface area contributed by atoms with Crippen LogP contribution in [0.25, 0.3) is 11.3 Å². The van der Waals surface area contributed by atoms with Crippen LogP contribution in [0.15, 0.2) is 29.2 Å². The fourth-order valence-electron chi connectivity index (χ4n) is 5.98. The van der Waals surface area contributed by atoms with Gasteiger partial charge in [0.2, 0.25) is 11.8 Å². The summed E-state index contributed by atoms with van der Waals surface area (Å²) < 4.78 is 59.0. The van der Waals surface area contributed by atoms with Crippen molar-refractivity contribution >= 4 is 29.1 Å². The number of hydrogen-bond acceptors (Lipinski definition) is 7. The smallest absolute Gasteiger partial charge is 0.421 e. The minimum absolute atomic E-state index is 0.0930. The second-order valence-electron chi connectivity index (χ2n) is 11.3. The van der Waals surface area contributed by atoms with Crippen LogP contribution in [-0.2, 0) is 17.5 Å². The molecular formula is C28H27Cl2F3N4O4. The summed E-state index contributed by atoms with van der Waals surface area (Å²) in [5, 5.41) is 5.07. The summed E-state index contributed by atoms with van der Waals surface area (Å²) in [6.45, 7) is 0.379. The predicted octanol–water partition coefficient (Wildman–Crippen LogP) is 7.12. The van der Waals surface area contributed by atoms with E-state index < -0.39 is 23.5 Å². The van der Waals surface area contributed by atoms with Gasteiger partial charge in [-0.15, -0.1) is 0 Å². The van der Waals surface area contributed by atoms with Gasteiger partial charge in [-0.1, -0.05) is 28.4 Å². The van der Waals surface area contributed by atoms with Crippen molar-refractivity contribution in [3.05, 3.63) is 57.2 Å². The number of hydrogen-bond donors (Lipinski definition) is 1. The molecule has 8 nitrogen and oxygen atoms in total. The average molecular weight is 611 g/mol. The van der Waals surface area contributed by atoms with Crippen LogP contribution in [0.5, 0.6) is 5.88 Å². The number of rotatable bonds is 9. The Balaban J connectivity index is 1.14. The number of amides is 1. The number of ether oxygens (including phenoxy) is 2. The van der Waals surface area contributed by atoms with E-state index in [2.05, 4.69) is 15.1 Å². The van der Waals surface area contributed by atoms with Crippen molar-refractivity contribution in [3.8, 4) is 17.1 Å². The zero-order valence-corrected chi connectivity index (χ0v) is 23.4. The normalized spacial score (nSPS) is 24.0. The first-order chi connectivity index (χ1) is 19.5. The third-order valence-corrected chi connectivity index (χ3v) is 9.24. The van der Waals surface area contributed by atoms with Gasteiger partial charge in [-0.3, -0.25) is 9.78 Å². The molecule has 4 aliphatic rings. The molecule has 41 heavy (non-hydrogen) atoms. The molecule has 4 aliphatic carbocycles. The van der Waals surface area contributed by atoms with Gasteiger partial charge in [0.25, 0.3) is 0 Å². The van der Waals surface area contributed by atoms with Gasteiger partial charge >= 0.3 is 6.18 Å². The lowest BCUT2D eigenvalue weighted by Gasteiger charge is -2.52. The molecule has 3 aromatic rings. The summed E-state index contributed by atoms with van der Waals surface area (Å²) in [4.78, 5) is 19.2. The van der Waals surface area contributed by atoms with E-state index in [4.69, 9.17) is 42.9 Å². The third-order valence-electron chi connectivity index (χ3n) is 8.67. The second kappa shape index (κ2) is 10.4. The first-order valence-electron chi connectivity index (χ1n) is 13.4. The summed E-state index contributed by atoms with van der Waals surface area (Å²) in [7, 11) is 0. The number of primary amides is 1. The number of carbonyl (C=O) groups excluding carboxylic acids is 1. The monoisotopic (exact) mass is 610 g/mol. The first-order valence-corrected chi connectivity index (χ1v) is 14.2. The highest BCUT2D eigenvalue weighted by Gasteiger charge is 2.50. The highest BCUT2D eigenvalue weighted by atomic mass is 35.5. The number of alkyl halides is 3. The van der Waals surface area contributed by atoms with Crippen LogP contribution in [0.3, 0.4) is 0 Å². The molecule has 0 unspecified atom stereocenters. The van der Waals surface area contributed by atoms with E-state index in [1.165, 1.54) is 12.4 Å². The molecule has 0 atom stereocenters. The van der Waals surface area contributed by atoms with Crippen molar-refractivity contribution in [2.45, 2.75) is 75.7 Å². The molecule has 218 valence electrons. The SMILES string of the molecule is NC(=O)c1cnc(OCC23CCC(OCc4c(-c5c(Cl)cncc5Cl)noc4C4CC4)(CC2)CC3)c(C(F)(F)F)c1. The lowest BCUT2D eigenvalue weighted by molar-refractivity contribution is -0.152. The molecular weight excluding hydrogens is 584 g/mol. The Hall–Kier alpha value is -2.89. The topological polar surface area (TPSA) is 113 Å². The summed E-state index contributed by atoms with van der Waals surface area (Å²) >= 11 is 12.9. The quantitative estimate of drug-likeness (QED) is 0.274. The van der Waals surface area contributed by atoms with Crippen molar-refractivity contribution in [2.75, 3.05) is 6.61 Å². The first kappa shape index (κ1) is 28.2. The molecule has 0 radical (unpaired) electrons. The van der Waals surface area contributed by atoms with Crippen LogP contribution in [0, 0.1) is 5.41 Å². The molecule has 0 spiro atoms. The minimum Gasteiger partial charge on any atom is -0.477 e. The molecule has 3 heterocycles. The number of nitrogens with zero attached hydrogens (tertiary/aromatic N) is 3. The van der Waals surface area contributed by atoms with E-state index in [-0.39, 0.29) is 29.8 Å². The molecule has 4 saturated carbocycles. The average Bonchev–Trinajstić information content (AvgIpc) is 3.71. The number of carbonyl (C=O) groups is 1. The Morgan fingerprint density at radius 1 is 1.07 bits per heavy atom. The van der Waals surface area contributed by atoms with Gasteiger partial charge in [0.05, 0.1) is 34.4 Å². The Morgan fingerprint density at radius 3 is 2.32 bits per heavy atom. The van der Waals surface area contributed by atoms with Crippen LogP contribution in [0.4, 0.5) is 13.2 Å². The maximum atomic E-state index is 13.6. The van der Waals surface area contributed by atoms with Gasteiger partial charge in [0, 0.05) is 41.1 Å². The zero-order valence-electron chi connectivity index (χ0n) is 21.9. The van der Waals surface area contributed by atoms with Crippen LogP contribution in [0.1, 0.15) is 84.5 Å². The summed E-state index contributed by atoms with van der Waals surface area (Å²) in [6.07, 6.45) is 5.77. The van der Waals surface area contributed by atoms with Gasteiger partial charge in [-0.25, -0.2) is 4.98 Å². The van der Waals surface area contributed by atoms with Crippen LogP contribution in [-0.4, -0.2) is 33.2 Å². The molecule has 4 fully saturated rings. The van der Waals surface area contributed by atoms with Gasteiger partial charge in [-0.2, -0.15) is 13.2 Å². The zero-order chi connectivity index (χ0) is 29.0. The minimum atomic E-state index is -4.74. The highest BCUT2D eigenvalue weighted by Crippen LogP contribution is 2.55. The molecule has 1 amide bonds. The number of aromatic nitrogens is 3. The van der Waals surface area contributed by atoms with Gasteiger partial charge in [-0.05, 0) is 57.4 Å². The van der Waals surface area contributed by atoms with Crippen LogP contribution in [0.2, 0.25) is 10.0 Å². The molecule has 0 aliphatic heterocycles. The molecule has 7 rings (SSSR count). The van der Waals surface area contributed by atoms with E-state index in [0.717, 1.165) is 68.9 Å². The summed E-state index contributed by atoms with van der Waals surface area (Å²) in [5.41, 5.74) is 5.03. The maximum absolute atomic E-state index is 13.6. The van der Waals surface area contributed by atoms with Crippen LogP contribution >= 0.6 is 23.2 Å². The van der Waals surface area contributed by atoms with Gasteiger partial charge < -0.3 is 19.7 Å². The molecule has 3 aromatic heterocycles. The van der Waals surface area contributed by atoms with Crippen molar-refractivity contribution in [3.63, 3.8) is 0 Å². The lowest BCUT2D eigenvalue weighted by Crippen LogP contribution is -2.49. The van der Waals surface area contributed by atoms with Crippen molar-refractivity contribution in [2.24, 2.45) is 11.1 Å². The number of fused-ring (bicyclic) bond motifs is 3. The van der Waals surface area contributed by atoms with Gasteiger partial charge in [0.1, 0.15) is 17.0 Å². The molecule has 0 saturated heterocycles. The predicted molar refractivity (Wildman–Crippen MR) is 143 cm³/mol. The van der Waals surface area contributed by atoms with Crippen molar-refractivity contribution in [1.82, 2.24) is 15.1 Å². The van der Waals surface area contributed by atoms with E-state index in [9.17, 15) is 18.0 Å². The lowest BCUT2D eigenvalue weighted by atomic mass is 9.59. The van der Waals surface area contributed by atoms with E-state index in [0.29, 0.717) is 33.3 Å². The van der Waals surface area contributed by atoms with E-state index in [1.807, 2.05) is 0 Å². The molecule has 13 heteroatoms. The van der Waals surface area contributed by atoms with Crippen molar-refractivity contribution < 1.29 is 32.0 Å². The Bertz CT molecular complexity index is 1450. The fourth-order valence-corrected chi connectivity index (χ4v) is 6.52. The Labute approximate surface area is 243 Å². The third kappa shape index (κ3) is 5.51. The van der Waals surface area contributed by atoms with Crippen molar-refractivity contribution in [1.29, 1.82) is 0 Å². The number of halogens is 5. The molecule has 2 N–H and O–H groups in total. The summed E-state index contributed by atoms with van der Waals surface area (Å²) in [6, 6.07) is 0.685. The standard InChI is InChI=1S/C28H27Cl2F3N4O4/c29-19-11-35-12-20(30)21(19)22-17(23(41-37-22)15-1-2-15)13-40-27-6-3-26(4-7-27,5-8-27)14-39-25-18(28(31,32)33)9-16(10-36-25)24(34)38/h9-12,15H,1-8,13-14H2,(H2,34,38). The number of nitrogens with two attached hydrogens (primary N) is 1. The van der Waals surface area contributed by atoms with E-state index in [1.54, 1.807) is 0 Å². The van der Waals surface area contributed by atoms with Gasteiger partial charge in [0.15, 0.2) is 0 Å². The largest absolute Gasteiger partial charge is 0.477 e. The Kier molecular flexibility index (Phi) is 7.18. The van der Waals surface area contributed by atoms with Crippen LogP contribution < -0.4 is 10.5 Å².